The van der Waals surface area contributed by atoms with E-state index in [0.717, 1.165) is 11.1 Å². The normalized spacial score (nSPS) is 26.3. The van der Waals surface area contributed by atoms with Crippen molar-refractivity contribution in [1.82, 2.24) is 4.90 Å². The van der Waals surface area contributed by atoms with Gasteiger partial charge < -0.3 is 4.74 Å². The summed E-state index contributed by atoms with van der Waals surface area (Å²) in [5.41, 5.74) is 2.09. The van der Waals surface area contributed by atoms with Crippen LogP contribution in [0.5, 0.6) is 0 Å². The van der Waals surface area contributed by atoms with Crippen molar-refractivity contribution in [2.45, 2.75) is 38.6 Å². The topological polar surface area (TPSA) is 72.7 Å². The third-order valence-corrected chi connectivity index (χ3v) is 3.73. The average molecular weight is 262 g/mol. The lowest BCUT2D eigenvalue weighted by molar-refractivity contribution is -0.384. The summed E-state index contributed by atoms with van der Waals surface area (Å²) in [6.07, 6.45) is 0.644. The number of non-ortho nitro benzene ring substituents is 1. The number of fused-ring (bicyclic) bond motifs is 1. The predicted molar refractivity (Wildman–Crippen MR) is 66.3 cm³/mol. The van der Waals surface area contributed by atoms with Crippen LogP contribution in [0.1, 0.15) is 24.5 Å². The molecule has 0 amide bonds. The Morgan fingerprint density at radius 2 is 2.11 bits per heavy atom. The smallest absolute Gasteiger partial charge is 0.323 e. The van der Waals surface area contributed by atoms with Gasteiger partial charge in [-0.2, -0.15) is 0 Å². The first-order valence-electron chi connectivity index (χ1n) is 6.25. The van der Waals surface area contributed by atoms with Crippen molar-refractivity contribution >= 4 is 11.7 Å². The molecule has 2 atom stereocenters. The number of hydrogen-bond donors (Lipinski definition) is 0. The Balaban J connectivity index is 1.81. The highest BCUT2D eigenvalue weighted by Gasteiger charge is 2.38. The summed E-state index contributed by atoms with van der Waals surface area (Å²) in [6, 6.07) is 4.66. The fourth-order valence-corrected chi connectivity index (χ4v) is 2.77. The molecule has 0 saturated carbocycles. The predicted octanol–water partition coefficient (Wildman–Crippen LogP) is 1.61. The molecule has 2 heterocycles. The Kier molecular flexibility index (Phi) is 2.74. The van der Waals surface area contributed by atoms with E-state index in [1.807, 2.05) is 11.8 Å². The molecule has 0 spiro atoms. The molecule has 19 heavy (non-hydrogen) atoms. The monoisotopic (exact) mass is 262 g/mol. The van der Waals surface area contributed by atoms with Crippen LogP contribution in [0.15, 0.2) is 18.2 Å². The van der Waals surface area contributed by atoms with Crippen molar-refractivity contribution in [3.05, 3.63) is 39.4 Å². The maximum atomic E-state index is 11.7. The Morgan fingerprint density at radius 3 is 2.74 bits per heavy atom. The number of carbonyl (C=O) groups excluding carboxylic acids is 1. The molecular formula is C13H14N2O4. The minimum absolute atomic E-state index is 0.0458. The number of rotatable bonds is 2. The van der Waals surface area contributed by atoms with Gasteiger partial charge in [-0.3, -0.25) is 19.8 Å². The molecule has 1 aromatic rings. The lowest BCUT2D eigenvalue weighted by atomic mass is 10.1. The van der Waals surface area contributed by atoms with E-state index in [-0.39, 0.29) is 23.8 Å². The second kappa shape index (κ2) is 4.31. The number of nitrogens with zero attached hydrogens (tertiary/aromatic N) is 2. The number of carbonyl (C=O) groups is 1. The number of esters is 1. The summed E-state index contributed by atoms with van der Waals surface area (Å²) < 4.78 is 5.16. The van der Waals surface area contributed by atoms with Crippen molar-refractivity contribution in [3.8, 4) is 0 Å². The highest BCUT2D eigenvalue weighted by Crippen LogP contribution is 2.31. The van der Waals surface area contributed by atoms with E-state index in [9.17, 15) is 14.9 Å². The van der Waals surface area contributed by atoms with E-state index in [2.05, 4.69) is 0 Å². The zero-order valence-corrected chi connectivity index (χ0v) is 10.5. The van der Waals surface area contributed by atoms with Gasteiger partial charge in [0.1, 0.15) is 12.1 Å². The molecule has 2 aliphatic rings. The van der Waals surface area contributed by atoms with Crippen molar-refractivity contribution in [1.29, 1.82) is 0 Å². The first-order chi connectivity index (χ1) is 9.04. The van der Waals surface area contributed by atoms with E-state index in [1.54, 1.807) is 12.1 Å². The zero-order valence-electron chi connectivity index (χ0n) is 10.5. The van der Waals surface area contributed by atoms with Crippen LogP contribution >= 0.6 is 0 Å². The van der Waals surface area contributed by atoms with E-state index in [4.69, 9.17) is 4.74 Å². The molecule has 1 saturated heterocycles. The Morgan fingerprint density at radius 1 is 1.37 bits per heavy atom. The molecule has 1 aromatic carbocycles. The fraction of sp³-hybridized carbons (Fsp3) is 0.462. The van der Waals surface area contributed by atoms with Gasteiger partial charge in [-0.05, 0) is 18.1 Å². The van der Waals surface area contributed by atoms with Crippen molar-refractivity contribution in [3.63, 3.8) is 0 Å². The molecule has 1 fully saturated rings. The maximum absolute atomic E-state index is 11.7. The minimum atomic E-state index is -0.394. The van der Waals surface area contributed by atoms with Gasteiger partial charge in [0.25, 0.3) is 5.69 Å². The summed E-state index contributed by atoms with van der Waals surface area (Å²) >= 11 is 0. The van der Waals surface area contributed by atoms with Gasteiger partial charge >= 0.3 is 5.97 Å². The second-order valence-corrected chi connectivity index (χ2v) is 5.11. The first-order valence-corrected chi connectivity index (χ1v) is 6.25. The van der Waals surface area contributed by atoms with E-state index < -0.39 is 4.92 Å². The van der Waals surface area contributed by atoms with Crippen molar-refractivity contribution < 1.29 is 14.5 Å². The van der Waals surface area contributed by atoms with Crippen molar-refractivity contribution in [2.75, 3.05) is 0 Å². The van der Waals surface area contributed by atoms with Gasteiger partial charge in [0.05, 0.1) is 4.92 Å². The minimum Gasteiger partial charge on any atom is -0.461 e. The van der Waals surface area contributed by atoms with Gasteiger partial charge in [0.2, 0.25) is 0 Å². The van der Waals surface area contributed by atoms with Gasteiger partial charge in [0, 0.05) is 31.6 Å². The number of cyclic esters (lactones) is 1. The highest BCUT2D eigenvalue weighted by atomic mass is 16.6. The summed E-state index contributed by atoms with van der Waals surface area (Å²) in [7, 11) is 0. The van der Waals surface area contributed by atoms with E-state index in [0.29, 0.717) is 19.5 Å². The average Bonchev–Trinajstić information content (AvgIpc) is 2.90. The molecule has 3 rings (SSSR count). The SMILES string of the molecule is C[C@@H]1C[C@H](N2Cc3ccc([N+](=O)[O-])cc3C2)C(=O)O1. The molecule has 100 valence electrons. The summed E-state index contributed by atoms with van der Waals surface area (Å²) in [4.78, 5) is 24.1. The lowest BCUT2D eigenvalue weighted by Gasteiger charge is -2.19. The van der Waals surface area contributed by atoms with E-state index >= 15 is 0 Å². The first kappa shape index (κ1) is 12.1. The van der Waals surface area contributed by atoms with Gasteiger partial charge in [0.15, 0.2) is 0 Å². The molecule has 6 nitrogen and oxygen atoms in total. The lowest BCUT2D eigenvalue weighted by Crippen LogP contribution is -2.34. The van der Waals surface area contributed by atoms with Crippen LogP contribution < -0.4 is 0 Å². The molecule has 2 aliphatic heterocycles. The molecule has 6 heteroatoms. The fourth-order valence-electron chi connectivity index (χ4n) is 2.77. The Hall–Kier alpha value is -1.95. The number of benzene rings is 1. The molecule has 0 unspecified atom stereocenters. The van der Waals surface area contributed by atoms with Crippen LogP contribution in [-0.2, 0) is 22.6 Å². The molecule has 0 radical (unpaired) electrons. The Bertz CT molecular complexity index is 558. The standard InChI is InChI=1S/C13H14N2O4/c1-8-4-12(13(16)19-8)14-6-9-2-3-11(15(17)18)5-10(9)7-14/h2-3,5,8,12H,4,6-7H2,1H3/t8-,12+/m1/s1. The number of nitro groups is 1. The second-order valence-electron chi connectivity index (χ2n) is 5.11. The number of nitro benzene ring substituents is 1. The Labute approximate surface area is 110 Å². The van der Waals surface area contributed by atoms with Crippen molar-refractivity contribution in [2.24, 2.45) is 0 Å². The van der Waals surface area contributed by atoms with Gasteiger partial charge in [-0.15, -0.1) is 0 Å². The highest BCUT2D eigenvalue weighted by molar-refractivity contribution is 5.78. The third-order valence-electron chi connectivity index (χ3n) is 3.73. The summed E-state index contributed by atoms with van der Waals surface area (Å²) in [5.74, 6) is -0.185. The third kappa shape index (κ3) is 2.08. The molecule has 0 aromatic heterocycles. The summed E-state index contributed by atoms with van der Waals surface area (Å²) in [6.45, 7) is 3.11. The molecule has 0 aliphatic carbocycles. The molecule has 0 N–H and O–H groups in total. The summed E-state index contributed by atoms with van der Waals surface area (Å²) in [5, 5.41) is 10.8. The zero-order chi connectivity index (χ0) is 13.6. The number of ether oxygens (including phenoxy) is 1. The van der Waals surface area contributed by atoms with Crippen LogP contribution in [-0.4, -0.2) is 27.9 Å². The quantitative estimate of drug-likeness (QED) is 0.460. The van der Waals surface area contributed by atoms with Crippen LogP contribution in [0.4, 0.5) is 5.69 Å². The molecular weight excluding hydrogens is 248 g/mol. The van der Waals surface area contributed by atoms with Crippen LogP contribution in [0.3, 0.4) is 0 Å². The van der Waals surface area contributed by atoms with Gasteiger partial charge in [-0.1, -0.05) is 6.07 Å². The van der Waals surface area contributed by atoms with Crippen LogP contribution in [0, 0.1) is 10.1 Å². The number of hydrogen-bond acceptors (Lipinski definition) is 5. The maximum Gasteiger partial charge on any atom is 0.323 e. The largest absolute Gasteiger partial charge is 0.461 e. The van der Waals surface area contributed by atoms with Crippen LogP contribution in [0.25, 0.3) is 0 Å². The van der Waals surface area contributed by atoms with Crippen LogP contribution in [0.2, 0.25) is 0 Å². The molecule has 0 bridgehead atoms. The van der Waals surface area contributed by atoms with E-state index in [1.165, 1.54) is 6.07 Å². The van der Waals surface area contributed by atoms with Gasteiger partial charge in [-0.25, -0.2) is 0 Å².